The van der Waals surface area contributed by atoms with Crippen molar-refractivity contribution in [3.63, 3.8) is 0 Å². The second kappa shape index (κ2) is 10.8. The number of hydrogen-bond acceptors (Lipinski definition) is 4. The van der Waals surface area contributed by atoms with Gasteiger partial charge in [0.05, 0.1) is 0 Å². The molecule has 172 valence electrons. The predicted octanol–water partition coefficient (Wildman–Crippen LogP) is 7.29. The second-order valence-electron chi connectivity index (χ2n) is 8.09. The normalized spacial score (nSPS) is 12.6. The van der Waals surface area contributed by atoms with Gasteiger partial charge in [0, 0.05) is 0 Å². The van der Waals surface area contributed by atoms with Crippen molar-refractivity contribution in [2.24, 2.45) is 0 Å². The first-order chi connectivity index (χ1) is 14.8. The summed E-state index contributed by atoms with van der Waals surface area (Å²) in [5.74, 6) is 0.944. The largest absolute Gasteiger partial charge is 0.543 e. The van der Waals surface area contributed by atoms with Gasteiger partial charge in [0.2, 0.25) is 9.84 Å². The fourth-order valence-electron chi connectivity index (χ4n) is 4.03. The van der Waals surface area contributed by atoms with Gasteiger partial charge >= 0.3 is 0 Å². The summed E-state index contributed by atoms with van der Waals surface area (Å²) in [6.45, 7) is 12.9. The molecule has 0 heterocycles. The van der Waals surface area contributed by atoms with Gasteiger partial charge < -0.3 is 8.85 Å². The van der Waals surface area contributed by atoms with Gasteiger partial charge in [-0.15, -0.1) is 0 Å². The number of sulfone groups is 1. The third-order valence-electron chi connectivity index (χ3n) is 6.80. The third-order valence-corrected chi connectivity index (χ3v) is 17.7. The first kappa shape index (κ1) is 25.7. The Morgan fingerprint density at radius 2 is 0.871 bits per heavy atom. The number of para-hydroxylation sites is 2. The standard InChI is InChI=1S/C24H38O4SSi2/c1-7-30(8-2,9-3)27-21-17-13-15-19-23(21)29(25,26)24-20-16-14-18-22(24)28-31(10-4,11-5)12-6/h13-20H,7-12H2,1-6H3. The van der Waals surface area contributed by atoms with E-state index < -0.39 is 26.5 Å². The maximum absolute atomic E-state index is 13.8. The molecule has 0 unspecified atom stereocenters. The maximum atomic E-state index is 13.8. The Labute approximate surface area is 191 Å². The van der Waals surface area contributed by atoms with Crippen LogP contribution in [-0.2, 0) is 9.84 Å². The fourth-order valence-corrected chi connectivity index (χ4v) is 10.8. The molecule has 0 saturated carbocycles. The Morgan fingerprint density at radius 3 is 1.16 bits per heavy atom. The molecule has 0 fully saturated rings. The highest BCUT2D eigenvalue weighted by atomic mass is 32.2. The summed E-state index contributed by atoms with van der Waals surface area (Å²) in [5, 5.41) is 0. The molecular weight excluding hydrogens is 440 g/mol. The lowest BCUT2D eigenvalue weighted by molar-refractivity contribution is 0.506. The van der Waals surface area contributed by atoms with Crippen molar-refractivity contribution in [1.82, 2.24) is 0 Å². The highest BCUT2D eigenvalue weighted by molar-refractivity contribution is 7.91. The lowest BCUT2D eigenvalue weighted by Gasteiger charge is -2.31. The van der Waals surface area contributed by atoms with E-state index in [1.54, 1.807) is 36.4 Å². The minimum Gasteiger partial charge on any atom is -0.543 e. The summed E-state index contributed by atoms with van der Waals surface area (Å²) >= 11 is 0. The molecule has 0 atom stereocenters. The van der Waals surface area contributed by atoms with Crippen molar-refractivity contribution in [1.29, 1.82) is 0 Å². The molecule has 2 aromatic carbocycles. The van der Waals surface area contributed by atoms with Crippen LogP contribution >= 0.6 is 0 Å². The van der Waals surface area contributed by atoms with Gasteiger partial charge in [-0.1, -0.05) is 65.8 Å². The molecule has 0 aliphatic carbocycles. The number of hydrogen-bond donors (Lipinski definition) is 0. The Bertz CT molecular complexity index is 864. The van der Waals surface area contributed by atoms with E-state index in [4.69, 9.17) is 8.85 Å². The van der Waals surface area contributed by atoms with Crippen molar-refractivity contribution in [2.75, 3.05) is 0 Å². The molecule has 7 heteroatoms. The highest BCUT2D eigenvalue weighted by Gasteiger charge is 2.36. The van der Waals surface area contributed by atoms with Crippen LogP contribution in [0.5, 0.6) is 11.5 Å². The predicted molar refractivity (Wildman–Crippen MR) is 134 cm³/mol. The van der Waals surface area contributed by atoms with Gasteiger partial charge in [0.25, 0.3) is 16.6 Å². The monoisotopic (exact) mass is 478 g/mol. The zero-order valence-electron chi connectivity index (χ0n) is 19.9. The average Bonchev–Trinajstić information content (AvgIpc) is 2.81. The Balaban J connectivity index is 2.58. The van der Waals surface area contributed by atoms with E-state index in [1.165, 1.54) is 0 Å². The first-order valence-corrected chi connectivity index (χ1v) is 18.1. The minimum absolute atomic E-state index is 0.232. The zero-order valence-corrected chi connectivity index (χ0v) is 22.7. The van der Waals surface area contributed by atoms with Crippen LogP contribution in [0.2, 0.25) is 36.3 Å². The van der Waals surface area contributed by atoms with Gasteiger partial charge in [0.1, 0.15) is 21.3 Å². The van der Waals surface area contributed by atoms with Crippen LogP contribution in [-0.4, -0.2) is 25.1 Å². The third kappa shape index (κ3) is 5.44. The molecule has 2 aromatic rings. The Morgan fingerprint density at radius 1 is 0.581 bits per heavy atom. The van der Waals surface area contributed by atoms with Gasteiger partial charge in [-0.2, -0.15) is 0 Å². The SMILES string of the molecule is CC[Si](CC)(CC)Oc1ccccc1S(=O)(=O)c1ccccc1O[Si](CC)(CC)CC. The highest BCUT2D eigenvalue weighted by Crippen LogP contribution is 2.38. The molecule has 0 N–H and O–H groups in total. The summed E-state index contributed by atoms with van der Waals surface area (Å²) < 4.78 is 40.7. The summed E-state index contributed by atoms with van der Waals surface area (Å²) in [6.07, 6.45) is 0. The van der Waals surface area contributed by atoms with Crippen LogP contribution in [0.15, 0.2) is 58.3 Å². The van der Waals surface area contributed by atoms with Gasteiger partial charge in [-0.3, -0.25) is 0 Å². The van der Waals surface area contributed by atoms with Gasteiger partial charge in [-0.05, 0) is 60.5 Å². The molecular formula is C24H38O4SSi2. The second-order valence-corrected chi connectivity index (χ2v) is 19.4. The van der Waals surface area contributed by atoms with E-state index in [9.17, 15) is 8.42 Å². The van der Waals surface area contributed by atoms with Gasteiger partial charge in [0.15, 0.2) is 0 Å². The molecule has 0 bridgehead atoms. The van der Waals surface area contributed by atoms with Crippen LogP contribution in [0.25, 0.3) is 0 Å². The van der Waals surface area contributed by atoms with Crippen molar-refractivity contribution >= 4 is 26.5 Å². The summed E-state index contributed by atoms with van der Waals surface area (Å²) in [5.41, 5.74) is 0. The molecule has 0 spiro atoms. The maximum Gasteiger partial charge on any atom is 0.250 e. The molecule has 0 aromatic heterocycles. The van der Waals surface area contributed by atoms with Crippen LogP contribution in [0.3, 0.4) is 0 Å². The topological polar surface area (TPSA) is 52.6 Å². The van der Waals surface area contributed by atoms with Crippen LogP contribution in [0, 0.1) is 0 Å². The lowest BCUT2D eigenvalue weighted by atomic mass is 10.3. The van der Waals surface area contributed by atoms with Crippen molar-refractivity contribution in [3.05, 3.63) is 48.5 Å². The molecule has 0 amide bonds. The van der Waals surface area contributed by atoms with Crippen LogP contribution < -0.4 is 8.85 Å². The molecule has 2 rings (SSSR count). The van der Waals surface area contributed by atoms with Crippen LogP contribution in [0.4, 0.5) is 0 Å². The Kier molecular flexibility index (Phi) is 8.97. The number of benzene rings is 2. The fraction of sp³-hybridized carbons (Fsp3) is 0.500. The molecule has 31 heavy (non-hydrogen) atoms. The van der Waals surface area contributed by atoms with E-state index >= 15 is 0 Å². The summed E-state index contributed by atoms with van der Waals surface area (Å²) in [7, 11) is -7.85. The molecule has 0 aliphatic heterocycles. The lowest BCUT2D eigenvalue weighted by Crippen LogP contribution is -2.40. The number of rotatable bonds is 12. The summed E-state index contributed by atoms with van der Waals surface area (Å²) in [4.78, 5) is 0.463. The van der Waals surface area contributed by atoms with E-state index in [0.717, 1.165) is 36.3 Å². The molecule has 0 saturated heterocycles. The molecule has 0 aliphatic rings. The zero-order chi connectivity index (χ0) is 23.1. The smallest absolute Gasteiger partial charge is 0.250 e. The van der Waals surface area contributed by atoms with Crippen molar-refractivity contribution < 1.29 is 17.3 Å². The van der Waals surface area contributed by atoms with Gasteiger partial charge in [-0.25, -0.2) is 8.42 Å². The van der Waals surface area contributed by atoms with E-state index in [2.05, 4.69) is 41.5 Å². The van der Waals surface area contributed by atoms with E-state index in [-0.39, 0.29) is 9.79 Å². The van der Waals surface area contributed by atoms with Crippen molar-refractivity contribution in [2.45, 2.75) is 87.6 Å². The van der Waals surface area contributed by atoms with Crippen LogP contribution in [0.1, 0.15) is 41.5 Å². The van der Waals surface area contributed by atoms with Crippen molar-refractivity contribution in [3.8, 4) is 11.5 Å². The molecule has 0 radical (unpaired) electrons. The minimum atomic E-state index is -3.80. The van der Waals surface area contributed by atoms with E-state index in [1.807, 2.05) is 12.1 Å². The summed E-state index contributed by atoms with van der Waals surface area (Å²) in [6, 6.07) is 19.8. The molecule has 4 nitrogen and oxygen atoms in total. The quantitative estimate of drug-likeness (QED) is 0.301. The average molecular weight is 479 g/mol. The Hall–Kier alpha value is -1.58. The van der Waals surface area contributed by atoms with E-state index in [0.29, 0.717) is 11.5 Å². The first-order valence-electron chi connectivity index (χ1n) is 11.6.